The van der Waals surface area contributed by atoms with Crippen LogP contribution >= 0.6 is 11.8 Å². The van der Waals surface area contributed by atoms with Crippen LogP contribution in [0.3, 0.4) is 0 Å². The third kappa shape index (κ3) is 2.09. The molecule has 3 rings (SSSR count). The Hall–Kier alpha value is -0.241. The number of carbonyl (C=O) groups excluding carboxylic acids is 1. The van der Waals surface area contributed by atoms with E-state index in [4.69, 9.17) is 0 Å². The van der Waals surface area contributed by atoms with E-state index in [1.807, 2.05) is 0 Å². The summed E-state index contributed by atoms with van der Waals surface area (Å²) in [5, 5.41) is 1.10. The van der Waals surface area contributed by atoms with Gasteiger partial charge in [-0.3, -0.25) is 0 Å². The Morgan fingerprint density at radius 3 is 2.81 bits per heavy atom. The molecule has 16 heavy (non-hydrogen) atoms. The number of hydrogen-bond acceptors (Lipinski definition) is 2. The molecule has 1 saturated heterocycles. The Kier molecular flexibility index (Phi) is 3.10. The molecule has 1 aromatic carbocycles. The van der Waals surface area contributed by atoms with Gasteiger partial charge in [0.25, 0.3) is 0 Å². The third-order valence-corrected chi connectivity index (χ3v) is 8.10. The van der Waals surface area contributed by atoms with Crippen LogP contribution < -0.4 is 4.46 Å². The van der Waals surface area contributed by atoms with Crippen molar-refractivity contribution in [2.75, 3.05) is 0 Å². The molecule has 3 heteroatoms. The van der Waals surface area contributed by atoms with Gasteiger partial charge in [0.15, 0.2) is 0 Å². The van der Waals surface area contributed by atoms with Crippen molar-refractivity contribution < 1.29 is 4.79 Å². The normalized spacial score (nSPS) is 33.0. The summed E-state index contributed by atoms with van der Waals surface area (Å²) in [4.78, 5) is 12.4. The molecule has 0 radical (unpaired) electrons. The fraction of sp³-hybridized carbons (Fsp3) is 0.462. The maximum absolute atomic E-state index is 11.6. The van der Waals surface area contributed by atoms with Crippen LogP contribution in [0.5, 0.6) is 0 Å². The zero-order valence-electron chi connectivity index (χ0n) is 8.96. The van der Waals surface area contributed by atoms with Crippen LogP contribution in [0.25, 0.3) is 0 Å². The van der Waals surface area contributed by atoms with E-state index in [0.717, 1.165) is 17.7 Å². The van der Waals surface area contributed by atoms with Crippen molar-refractivity contribution in [1.82, 2.24) is 0 Å². The summed E-state index contributed by atoms with van der Waals surface area (Å²) in [7, 11) is 0. The van der Waals surface area contributed by atoms with E-state index in [2.05, 4.69) is 30.3 Å². The van der Waals surface area contributed by atoms with Crippen molar-refractivity contribution in [3.63, 3.8) is 0 Å². The molecule has 1 aromatic rings. The van der Waals surface area contributed by atoms with E-state index < -0.39 is 0 Å². The SMILES string of the molecule is O=C1S[C@H]2C[C@@H]1CC[C@@H]2[Se]c1ccccc1. The van der Waals surface area contributed by atoms with Gasteiger partial charge in [-0.1, -0.05) is 0 Å². The number of fused-ring (bicyclic) bond motifs is 2. The number of rotatable bonds is 2. The molecule has 0 spiro atoms. The van der Waals surface area contributed by atoms with E-state index in [1.165, 1.54) is 10.9 Å². The van der Waals surface area contributed by atoms with E-state index in [9.17, 15) is 4.79 Å². The first-order valence-electron chi connectivity index (χ1n) is 5.75. The van der Waals surface area contributed by atoms with Crippen LogP contribution in [-0.4, -0.2) is 25.3 Å². The minimum atomic E-state index is 0.401. The summed E-state index contributed by atoms with van der Waals surface area (Å²) >= 11 is 2.19. The summed E-state index contributed by atoms with van der Waals surface area (Å²) < 4.78 is 1.48. The van der Waals surface area contributed by atoms with E-state index >= 15 is 0 Å². The molecule has 0 N–H and O–H groups in total. The molecule has 0 aromatic heterocycles. The second-order valence-corrected chi connectivity index (χ2v) is 8.45. The second-order valence-electron chi connectivity index (χ2n) is 4.45. The van der Waals surface area contributed by atoms with Gasteiger partial charge in [0.1, 0.15) is 0 Å². The van der Waals surface area contributed by atoms with Crippen LogP contribution in [0.1, 0.15) is 19.3 Å². The van der Waals surface area contributed by atoms with Crippen LogP contribution in [0, 0.1) is 5.92 Å². The fourth-order valence-electron chi connectivity index (χ4n) is 2.49. The van der Waals surface area contributed by atoms with Crippen molar-refractivity contribution in [3.05, 3.63) is 30.3 Å². The van der Waals surface area contributed by atoms with Gasteiger partial charge in [-0.2, -0.15) is 0 Å². The van der Waals surface area contributed by atoms with Crippen LogP contribution in [0.4, 0.5) is 0 Å². The summed E-state index contributed by atoms with van der Waals surface area (Å²) in [6, 6.07) is 10.8. The molecule has 1 nitrogen and oxygen atoms in total. The average Bonchev–Trinajstić information content (AvgIpc) is 2.61. The summed E-state index contributed by atoms with van der Waals surface area (Å²) in [6.07, 6.45) is 3.56. The molecule has 0 unspecified atom stereocenters. The second kappa shape index (κ2) is 4.56. The van der Waals surface area contributed by atoms with E-state index in [1.54, 1.807) is 11.8 Å². The molecule has 3 atom stereocenters. The van der Waals surface area contributed by atoms with Gasteiger partial charge in [0, 0.05) is 0 Å². The molecule has 1 saturated carbocycles. The van der Waals surface area contributed by atoms with Gasteiger partial charge in [-0.25, -0.2) is 0 Å². The first kappa shape index (κ1) is 10.9. The molecule has 0 amide bonds. The van der Waals surface area contributed by atoms with Crippen LogP contribution in [0.15, 0.2) is 30.3 Å². The number of hydrogen-bond donors (Lipinski definition) is 0. The molecule has 2 aliphatic rings. The molecule has 2 bridgehead atoms. The number of carbonyl (C=O) groups is 1. The average molecular weight is 297 g/mol. The number of benzene rings is 1. The maximum atomic E-state index is 11.6. The Labute approximate surface area is 107 Å². The van der Waals surface area contributed by atoms with Crippen molar-refractivity contribution in [2.45, 2.75) is 29.3 Å². The molecule has 2 fully saturated rings. The van der Waals surface area contributed by atoms with Crippen molar-refractivity contribution in [3.8, 4) is 0 Å². The van der Waals surface area contributed by atoms with E-state index in [0.29, 0.717) is 31.2 Å². The monoisotopic (exact) mass is 298 g/mol. The molecular formula is C13H14OSSe. The van der Waals surface area contributed by atoms with Crippen molar-refractivity contribution in [2.24, 2.45) is 5.92 Å². The zero-order valence-corrected chi connectivity index (χ0v) is 11.5. The predicted octanol–water partition coefficient (Wildman–Crippen LogP) is 2.25. The van der Waals surface area contributed by atoms with E-state index in [-0.39, 0.29) is 0 Å². The first-order chi connectivity index (χ1) is 7.83. The minimum absolute atomic E-state index is 0.401. The summed E-state index contributed by atoms with van der Waals surface area (Å²) in [5.41, 5.74) is 0. The van der Waals surface area contributed by atoms with Crippen LogP contribution in [-0.2, 0) is 4.79 Å². The van der Waals surface area contributed by atoms with Gasteiger partial charge in [-0.15, -0.1) is 0 Å². The van der Waals surface area contributed by atoms with Gasteiger partial charge >= 0.3 is 107 Å². The molecular weight excluding hydrogens is 283 g/mol. The first-order valence-corrected chi connectivity index (χ1v) is 8.47. The van der Waals surface area contributed by atoms with Gasteiger partial charge in [-0.05, 0) is 0 Å². The Morgan fingerprint density at radius 2 is 2.00 bits per heavy atom. The molecule has 84 valence electrons. The molecule has 1 aliphatic heterocycles. The summed E-state index contributed by atoms with van der Waals surface area (Å²) in [6.45, 7) is 0. The summed E-state index contributed by atoms with van der Waals surface area (Å²) in [5.74, 6) is 0.401. The molecule has 1 aliphatic carbocycles. The Bertz CT molecular complexity index is 392. The zero-order chi connectivity index (χ0) is 11.0. The van der Waals surface area contributed by atoms with Gasteiger partial charge < -0.3 is 0 Å². The van der Waals surface area contributed by atoms with Crippen molar-refractivity contribution >= 4 is 36.3 Å². The topological polar surface area (TPSA) is 17.1 Å². The number of thioether (sulfide) groups is 1. The Morgan fingerprint density at radius 1 is 1.19 bits per heavy atom. The molecule has 1 heterocycles. The van der Waals surface area contributed by atoms with Gasteiger partial charge in [0.2, 0.25) is 0 Å². The quantitative estimate of drug-likeness (QED) is 0.779. The standard InChI is InChI=1S/C13H14OSSe/c14-13-9-6-7-12(11(8-9)15-13)16-10-4-2-1-3-5-10/h1-5,9,11-12H,6-8H2/t9-,11-,12-/m0/s1. The van der Waals surface area contributed by atoms with Crippen molar-refractivity contribution in [1.29, 1.82) is 0 Å². The third-order valence-electron chi connectivity index (χ3n) is 3.36. The fourth-order valence-corrected chi connectivity index (χ4v) is 6.93. The van der Waals surface area contributed by atoms with Crippen LogP contribution in [0.2, 0.25) is 4.82 Å². The predicted molar refractivity (Wildman–Crippen MR) is 69.3 cm³/mol. The Balaban J connectivity index is 1.70. The van der Waals surface area contributed by atoms with Gasteiger partial charge in [0.05, 0.1) is 0 Å².